The van der Waals surface area contributed by atoms with Gasteiger partial charge >= 0.3 is 0 Å². The number of carbonyl (C=O) groups is 3. The van der Waals surface area contributed by atoms with E-state index in [1.54, 1.807) is 4.90 Å². The van der Waals surface area contributed by atoms with Crippen molar-refractivity contribution in [2.75, 3.05) is 20.1 Å². The van der Waals surface area contributed by atoms with Gasteiger partial charge in [-0.2, -0.15) is 0 Å². The van der Waals surface area contributed by atoms with E-state index in [0.717, 1.165) is 12.0 Å². The summed E-state index contributed by atoms with van der Waals surface area (Å²) in [6.07, 6.45) is 11.9. The number of hydrogen-bond donors (Lipinski definition) is 2. The molecule has 1 aromatic heterocycles. The van der Waals surface area contributed by atoms with Crippen LogP contribution in [-0.2, 0) is 32.0 Å². The first-order valence-electron chi connectivity index (χ1n) is 18.4. The lowest BCUT2D eigenvalue weighted by Gasteiger charge is -2.48. The first-order valence-corrected chi connectivity index (χ1v) is 18.4. The van der Waals surface area contributed by atoms with Gasteiger partial charge < -0.3 is 24.8 Å². The highest BCUT2D eigenvalue weighted by Gasteiger charge is 2.70. The quantitative estimate of drug-likeness (QED) is 0.426. The summed E-state index contributed by atoms with van der Waals surface area (Å²) < 4.78 is 8.86. The molecular formula is C39H47N5O5. The van der Waals surface area contributed by atoms with Gasteiger partial charge in [0.1, 0.15) is 12.1 Å². The van der Waals surface area contributed by atoms with Gasteiger partial charge in [0, 0.05) is 54.6 Å². The monoisotopic (exact) mass is 665 g/mol. The number of nitrogens with one attached hydrogen (secondary N) is 1. The fourth-order valence-corrected chi connectivity index (χ4v) is 10.4. The molecule has 5 heterocycles. The van der Waals surface area contributed by atoms with Crippen molar-refractivity contribution in [1.29, 1.82) is 0 Å². The topological polar surface area (TPSA) is 107 Å². The SMILES string of the molecule is CN1C[C@H](C(=O)N[C@]2(C)O[C@@]3(O)[C@@H]4CCCN4C(=O)[C@H](Cc4ccccc4)N3C2=O)C[C@@H]2c3cccc4c3c(cn4C3CCCCC3)C[C@H]21. The third-order valence-electron chi connectivity index (χ3n) is 12.7. The summed E-state index contributed by atoms with van der Waals surface area (Å²) in [6.45, 7) is 2.59. The van der Waals surface area contributed by atoms with Crippen molar-refractivity contribution in [2.24, 2.45) is 5.92 Å². The molecule has 9 rings (SSSR count). The van der Waals surface area contributed by atoms with Crippen LogP contribution in [0.4, 0.5) is 0 Å². The minimum Gasteiger partial charge on any atom is -0.347 e. The number of rotatable bonds is 5. The number of amides is 3. The first-order chi connectivity index (χ1) is 23.7. The fraction of sp³-hybridized carbons (Fsp3) is 0.564. The lowest BCUT2D eigenvalue weighted by Crippen LogP contribution is -2.71. The second-order valence-electron chi connectivity index (χ2n) is 15.7. The second kappa shape index (κ2) is 11.4. The van der Waals surface area contributed by atoms with Gasteiger partial charge in [0.25, 0.3) is 11.8 Å². The molecule has 4 aliphatic heterocycles. The maximum atomic E-state index is 14.4. The molecule has 2 N–H and O–H groups in total. The Hall–Kier alpha value is -3.73. The molecule has 0 spiro atoms. The Kier molecular flexibility index (Phi) is 7.27. The third kappa shape index (κ3) is 4.73. The maximum Gasteiger partial charge on any atom is 0.280 e. The van der Waals surface area contributed by atoms with Crippen LogP contribution in [0, 0.1) is 5.92 Å². The van der Waals surface area contributed by atoms with Crippen LogP contribution >= 0.6 is 0 Å². The number of piperidine rings is 1. The average molecular weight is 666 g/mol. The molecule has 49 heavy (non-hydrogen) atoms. The van der Waals surface area contributed by atoms with Gasteiger partial charge in [-0.1, -0.05) is 61.7 Å². The van der Waals surface area contributed by atoms with E-state index in [1.165, 1.54) is 66.0 Å². The normalized spacial score (nSPS) is 34.6. The smallest absolute Gasteiger partial charge is 0.280 e. The van der Waals surface area contributed by atoms with Crippen molar-refractivity contribution in [2.45, 2.75) is 113 Å². The van der Waals surface area contributed by atoms with E-state index in [1.807, 2.05) is 30.3 Å². The molecule has 1 saturated carbocycles. The zero-order valence-corrected chi connectivity index (χ0v) is 28.5. The van der Waals surface area contributed by atoms with Crippen LogP contribution in [0.1, 0.15) is 86.9 Å². The largest absolute Gasteiger partial charge is 0.347 e. The number of benzene rings is 2. The van der Waals surface area contributed by atoms with E-state index in [9.17, 15) is 19.5 Å². The van der Waals surface area contributed by atoms with Gasteiger partial charge in [0.15, 0.2) is 0 Å². The minimum atomic E-state index is -2.03. The van der Waals surface area contributed by atoms with Crippen LogP contribution in [0.2, 0.25) is 0 Å². The molecule has 0 bridgehead atoms. The maximum absolute atomic E-state index is 14.4. The molecule has 7 atom stereocenters. The average Bonchev–Trinajstić information content (AvgIpc) is 3.80. The van der Waals surface area contributed by atoms with Crippen LogP contribution in [-0.4, -0.2) is 92.0 Å². The molecule has 10 heteroatoms. The minimum absolute atomic E-state index is 0.177. The van der Waals surface area contributed by atoms with Crippen molar-refractivity contribution in [3.63, 3.8) is 0 Å². The van der Waals surface area contributed by atoms with Gasteiger partial charge in [0.05, 0.1) is 5.92 Å². The number of hydrogen-bond acceptors (Lipinski definition) is 6. The molecule has 3 amide bonds. The summed E-state index contributed by atoms with van der Waals surface area (Å²) in [4.78, 5) is 47.6. The fourth-order valence-electron chi connectivity index (χ4n) is 10.4. The molecule has 0 radical (unpaired) electrons. The van der Waals surface area contributed by atoms with Gasteiger partial charge in [-0.3, -0.25) is 24.0 Å². The lowest BCUT2D eigenvalue weighted by molar-refractivity contribution is -0.315. The molecule has 0 unspecified atom stereocenters. The summed E-state index contributed by atoms with van der Waals surface area (Å²) >= 11 is 0. The van der Waals surface area contributed by atoms with Crippen molar-refractivity contribution in [1.82, 2.24) is 24.6 Å². The zero-order valence-electron chi connectivity index (χ0n) is 28.5. The van der Waals surface area contributed by atoms with Crippen LogP contribution in [0.15, 0.2) is 54.7 Å². The molecule has 3 aromatic rings. The zero-order chi connectivity index (χ0) is 33.7. The highest BCUT2D eigenvalue weighted by atomic mass is 16.7. The number of likely N-dealkylation sites (tertiary alicyclic amines) is 1. The predicted octanol–water partition coefficient (Wildman–Crippen LogP) is 4.06. The Morgan fingerprint density at radius 1 is 1.02 bits per heavy atom. The van der Waals surface area contributed by atoms with Gasteiger partial charge in [-0.15, -0.1) is 0 Å². The van der Waals surface area contributed by atoms with E-state index >= 15 is 0 Å². The molecular weight excluding hydrogens is 618 g/mol. The summed E-state index contributed by atoms with van der Waals surface area (Å²) in [5.74, 6) is -3.27. The molecule has 258 valence electrons. The number of likely N-dealkylation sites (N-methyl/N-ethyl adjacent to an activating group) is 1. The number of ether oxygens (including phenoxy) is 1. The van der Waals surface area contributed by atoms with Gasteiger partial charge in [0.2, 0.25) is 17.5 Å². The van der Waals surface area contributed by atoms with Crippen LogP contribution in [0.25, 0.3) is 10.9 Å². The van der Waals surface area contributed by atoms with Gasteiger partial charge in [-0.25, -0.2) is 0 Å². The van der Waals surface area contributed by atoms with E-state index in [4.69, 9.17) is 4.74 Å². The van der Waals surface area contributed by atoms with E-state index in [-0.39, 0.29) is 36.1 Å². The van der Waals surface area contributed by atoms with Crippen molar-refractivity contribution in [3.05, 3.63) is 71.4 Å². The number of fused-ring (bicyclic) bond motifs is 5. The van der Waals surface area contributed by atoms with Crippen molar-refractivity contribution in [3.8, 4) is 0 Å². The summed E-state index contributed by atoms with van der Waals surface area (Å²) in [7, 11) is 2.11. The Labute approximate surface area is 287 Å². The Morgan fingerprint density at radius 2 is 1.82 bits per heavy atom. The number of nitrogens with zero attached hydrogens (tertiary/aromatic N) is 4. The lowest BCUT2D eigenvalue weighted by atomic mass is 9.72. The molecule has 5 fully saturated rings. The van der Waals surface area contributed by atoms with Gasteiger partial charge in [-0.05, 0) is 75.3 Å². The first kappa shape index (κ1) is 31.3. The number of aliphatic hydroxyl groups is 1. The van der Waals surface area contributed by atoms with E-state index < -0.39 is 29.6 Å². The van der Waals surface area contributed by atoms with Crippen LogP contribution in [0.3, 0.4) is 0 Å². The van der Waals surface area contributed by atoms with Crippen LogP contribution < -0.4 is 5.32 Å². The summed E-state index contributed by atoms with van der Waals surface area (Å²) in [5, 5.41) is 16.5. The van der Waals surface area contributed by atoms with E-state index in [0.29, 0.717) is 38.4 Å². The Bertz CT molecular complexity index is 1820. The van der Waals surface area contributed by atoms with Crippen molar-refractivity contribution >= 4 is 28.6 Å². The number of carbonyl (C=O) groups excluding carboxylic acids is 3. The third-order valence-corrected chi connectivity index (χ3v) is 12.7. The van der Waals surface area contributed by atoms with E-state index in [2.05, 4.69) is 46.2 Å². The molecule has 2 aromatic carbocycles. The highest BCUT2D eigenvalue weighted by molar-refractivity contribution is 5.97. The number of piperazine rings is 1. The predicted molar refractivity (Wildman–Crippen MR) is 183 cm³/mol. The molecule has 6 aliphatic rings. The Balaban J connectivity index is 0.989. The molecule has 2 aliphatic carbocycles. The van der Waals surface area contributed by atoms with Crippen LogP contribution in [0.5, 0.6) is 0 Å². The summed E-state index contributed by atoms with van der Waals surface area (Å²) in [6, 6.07) is 15.4. The molecule has 4 saturated heterocycles. The highest BCUT2D eigenvalue weighted by Crippen LogP contribution is 2.48. The molecule has 10 nitrogen and oxygen atoms in total. The summed E-state index contributed by atoms with van der Waals surface area (Å²) in [5.41, 5.74) is 3.11. The second-order valence-corrected chi connectivity index (χ2v) is 15.7. The van der Waals surface area contributed by atoms with Crippen molar-refractivity contribution < 1.29 is 24.2 Å². The standard InChI is InChI=1S/C39H47N5O5/c1-38(37(47)44-32(19-24-11-5-3-6-12-24)36(46)42-18-10-17-33(42)39(44,48)49-38)40-35(45)26-20-29-28-15-9-16-30-34(28)25(21-31(29)41(2)22-26)23-43(30)27-13-7-4-8-14-27/h3,5-6,9,11-12,15-16,23,26-27,29,31-33,48H,4,7-8,10,13-14,17-22H2,1-2H3,(H,40,45)/t26-,29-,31-,32+,33+,38-,39+/m1/s1. The Morgan fingerprint density at radius 3 is 2.61 bits per heavy atom. The number of aromatic nitrogens is 1.